The van der Waals surface area contributed by atoms with Crippen molar-refractivity contribution in [2.45, 2.75) is 26.8 Å². The number of nitrogens with two attached hydrogens (primary N) is 1. The molecule has 3 N–H and O–H groups in total. The van der Waals surface area contributed by atoms with E-state index >= 15 is 0 Å². The number of rotatable bonds is 7. The first-order valence-corrected chi connectivity index (χ1v) is 8.38. The molecule has 5 nitrogen and oxygen atoms in total. The summed E-state index contributed by atoms with van der Waals surface area (Å²) in [5.74, 6) is 1.65. The molecule has 0 heterocycles. The molecule has 6 heteroatoms. The van der Waals surface area contributed by atoms with E-state index < -0.39 is 0 Å². The smallest absolute Gasteiger partial charge is 0.251 e. The Morgan fingerprint density at radius 1 is 1.08 bits per heavy atom. The van der Waals surface area contributed by atoms with Gasteiger partial charge in [0.1, 0.15) is 0 Å². The maximum atomic E-state index is 12.3. The molecule has 0 bridgehead atoms. The van der Waals surface area contributed by atoms with Gasteiger partial charge in [0.2, 0.25) is 0 Å². The van der Waals surface area contributed by atoms with Gasteiger partial charge in [-0.3, -0.25) is 4.79 Å². The van der Waals surface area contributed by atoms with Crippen molar-refractivity contribution in [2.75, 3.05) is 19.5 Å². The number of hydrogen-bond acceptors (Lipinski definition) is 4. The first-order chi connectivity index (χ1) is 11.9. The number of amides is 1. The molecule has 0 aliphatic rings. The molecule has 142 valence electrons. The average molecular weight is 379 g/mol. The molecule has 2 rings (SSSR count). The van der Waals surface area contributed by atoms with Gasteiger partial charge in [-0.2, -0.15) is 0 Å². The number of nitrogens with one attached hydrogen (secondary N) is 1. The minimum Gasteiger partial charge on any atom is -0.493 e. The molecular formula is C20H27ClN2O3. The van der Waals surface area contributed by atoms with E-state index in [9.17, 15) is 4.79 Å². The lowest BCUT2D eigenvalue weighted by Gasteiger charge is -2.18. The Morgan fingerprint density at radius 2 is 1.73 bits per heavy atom. The highest BCUT2D eigenvalue weighted by molar-refractivity contribution is 5.94. The first kappa shape index (κ1) is 21.6. The minimum atomic E-state index is -0.168. The summed E-state index contributed by atoms with van der Waals surface area (Å²) >= 11 is 0. The minimum absolute atomic E-state index is 0. The van der Waals surface area contributed by atoms with Crippen molar-refractivity contribution in [3.8, 4) is 11.5 Å². The summed E-state index contributed by atoms with van der Waals surface area (Å²) in [4.78, 5) is 12.3. The maximum Gasteiger partial charge on any atom is 0.251 e. The van der Waals surface area contributed by atoms with E-state index in [0.717, 1.165) is 5.56 Å². The number of hydrogen-bond donors (Lipinski definition) is 2. The van der Waals surface area contributed by atoms with Gasteiger partial charge in [0.15, 0.2) is 11.5 Å². The molecule has 1 unspecified atom stereocenters. The fourth-order valence-corrected chi connectivity index (χ4v) is 2.33. The number of carbonyl (C=O) groups is 1. The van der Waals surface area contributed by atoms with Crippen LogP contribution in [0.25, 0.3) is 0 Å². The van der Waals surface area contributed by atoms with E-state index in [0.29, 0.717) is 35.3 Å². The van der Waals surface area contributed by atoms with Crippen LogP contribution >= 0.6 is 12.4 Å². The van der Waals surface area contributed by atoms with Crippen molar-refractivity contribution >= 4 is 24.0 Å². The summed E-state index contributed by atoms with van der Waals surface area (Å²) in [5, 5.41) is 2.98. The van der Waals surface area contributed by atoms with Gasteiger partial charge in [0, 0.05) is 11.3 Å². The lowest BCUT2D eigenvalue weighted by atomic mass is 10.1. The SMILES string of the molecule is COc1cc(C(C)NC(=O)c2ccc(N)cc2)ccc1OCC(C)C.Cl. The van der Waals surface area contributed by atoms with Crippen molar-refractivity contribution in [3.63, 3.8) is 0 Å². The Kier molecular flexibility index (Phi) is 8.26. The highest BCUT2D eigenvalue weighted by Crippen LogP contribution is 2.30. The average Bonchev–Trinajstić information content (AvgIpc) is 2.60. The van der Waals surface area contributed by atoms with E-state index in [1.807, 2.05) is 25.1 Å². The zero-order valence-corrected chi connectivity index (χ0v) is 16.4. The standard InChI is InChI=1S/C20H26N2O3.ClH/c1-13(2)12-25-18-10-7-16(11-19(18)24-4)14(3)22-20(23)15-5-8-17(21)9-6-15;/h5-11,13-14H,12,21H2,1-4H3,(H,22,23);1H. The second-order valence-electron chi connectivity index (χ2n) is 6.43. The van der Waals surface area contributed by atoms with Gasteiger partial charge in [-0.15, -0.1) is 12.4 Å². The summed E-state index contributed by atoms with van der Waals surface area (Å²) in [6.45, 7) is 6.74. The molecule has 0 aliphatic carbocycles. The number of halogens is 1. The fraction of sp³-hybridized carbons (Fsp3) is 0.350. The molecule has 0 radical (unpaired) electrons. The van der Waals surface area contributed by atoms with Gasteiger partial charge < -0.3 is 20.5 Å². The van der Waals surface area contributed by atoms with Gasteiger partial charge in [-0.1, -0.05) is 19.9 Å². The number of methoxy groups -OCH3 is 1. The predicted molar refractivity (Wildman–Crippen MR) is 107 cm³/mol. The third kappa shape index (κ3) is 5.85. The van der Waals surface area contributed by atoms with Crippen LogP contribution in [-0.4, -0.2) is 19.6 Å². The van der Waals surface area contributed by atoms with Crippen LogP contribution in [0.4, 0.5) is 5.69 Å². The molecule has 0 aliphatic heterocycles. The second-order valence-corrected chi connectivity index (χ2v) is 6.43. The van der Waals surface area contributed by atoms with Gasteiger partial charge >= 0.3 is 0 Å². The lowest BCUT2D eigenvalue weighted by Crippen LogP contribution is -2.26. The van der Waals surface area contributed by atoms with Crippen molar-refractivity contribution in [2.24, 2.45) is 5.92 Å². The van der Waals surface area contributed by atoms with Crippen molar-refractivity contribution in [1.82, 2.24) is 5.32 Å². The maximum absolute atomic E-state index is 12.3. The van der Waals surface area contributed by atoms with Crippen LogP contribution in [0.5, 0.6) is 11.5 Å². The van der Waals surface area contributed by atoms with Crippen LogP contribution in [0.1, 0.15) is 42.7 Å². The van der Waals surface area contributed by atoms with E-state index in [4.69, 9.17) is 15.2 Å². The fourth-order valence-electron chi connectivity index (χ4n) is 2.33. The molecule has 1 atom stereocenters. The van der Waals surface area contributed by atoms with Crippen LogP contribution in [-0.2, 0) is 0 Å². The largest absolute Gasteiger partial charge is 0.493 e. The summed E-state index contributed by atoms with van der Waals surface area (Å²) in [5.41, 5.74) is 7.80. The van der Waals surface area contributed by atoms with E-state index in [-0.39, 0.29) is 24.4 Å². The molecule has 0 fully saturated rings. The van der Waals surface area contributed by atoms with Gasteiger partial charge in [-0.25, -0.2) is 0 Å². The Labute approximate surface area is 161 Å². The highest BCUT2D eigenvalue weighted by Gasteiger charge is 2.14. The zero-order chi connectivity index (χ0) is 18.4. The highest BCUT2D eigenvalue weighted by atomic mass is 35.5. The number of anilines is 1. The monoisotopic (exact) mass is 378 g/mol. The molecule has 0 spiro atoms. The normalized spacial score (nSPS) is 11.4. The molecule has 2 aromatic carbocycles. The van der Waals surface area contributed by atoms with Crippen LogP contribution in [0.2, 0.25) is 0 Å². The Balaban J connectivity index is 0.00000338. The van der Waals surface area contributed by atoms with E-state index in [1.165, 1.54) is 0 Å². The number of nitrogen functional groups attached to an aromatic ring is 1. The van der Waals surface area contributed by atoms with Gasteiger partial charge in [0.05, 0.1) is 19.8 Å². The predicted octanol–water partition coefficient (Wildman–Crippen LogP) is 4.23. The third-order valence-electron chi connectivity index (χ3n) is 3.78. The Morgan fingerprint density at radius 3 is 2.31 bits per heavy atom. The molecule has 2 aromatic rings. The lowest BCUT2D eigenvalue weighted by molar-refractivity contribution is 0.0940. The summed E-state index contributed by atoms with van der Waals surface area (Å²) in [6, 6.07) is 12.4. The summed E-state index contributed by atoms with van der Waals surface area (Å²) < 4.78 is 11.2. The van der Waals surface area contributed by atoms with Crippen LogP contribution in [0.3, 0.4) is 0 Å². The molecule has 0 aromatic heterocycles. The first-order valence-electron chi connectivity index (χ1n) is 8.38. The van der Waals surface area contributed by atoms with Crippen LogP contribution in [0, 0.1) is 5.92 Å². The quantitative estimate of drug-likeness (QED) is 0.707. The molecular weight excluding hydrogens is 352 g/mol. The summed E-state index contributed by atoms with van der Waals surface area (Å²) in [7, 11) is 1.61. The van der Waals surface area contributed by atoms with Crippen molar-refractivity contribution < 1.29 is 14.3 Å². The molecule has 0 saturated heterocycles. The topological polar surface area (TPSA) is 73.6 Å². The molecule has 0 saturated carbocycles. The Hall–Kier alpha value is -2.40. The van der Waals surface area contributed by atoms with Crippen molar-refractivity contribution in [3.05, 3.63) is 53.6 Å². The number of carbonyl (C=O) groups excluding carboxylic acids is 1. The third-order valence-corrected chi connectivity index (χ3v) is 3.78. The summed E-state index contributed by atoms with van der Waals surface area (Å²) in [6.07, 6.45) is 0. The van der Waals surface area contributed by atoms with E-state index in [1.54, 1.807) is 31.4 Å². The molecule has 26 heavy (non-hydrogen) atoms. The van der Waals surface area contributed by atoms with Gasteiger partial charge in [-0.05, 0) is 54.8 Å². The number of benzene rings is 2. The zero-order valence-electron chi connectivity index (χ0n) is 15.6. The van der Waals surface area contributed by atoms with Crippen LogP contribution in [0.15, 0.2) is 42.5 Å². The number of ether oxygens (including phenoxy) is 2. The van der Waals surface area contributed by atoms with Crippen molar-refractivity contribution in [1.29, 1.82) is 0 Å². The molecule has 1 amide bonds. The van der Waals surface area contributed by atoms with Crippen LogP contribution < -0.4 is 20.5 Å². The Bertz CT molecular complexity index is 717. The second kappa shape index (κ2) is 9.92. The van der Waals surface area contributed by atoms with E-state index in [2.05, 4.69) is 19.2 Å². The van der Waals surface area contributed by atoms with Gasteiger partial charge in [0.25, 0.3) is 5.91 Å².